The number of nitriles is 1. The average Bonchev–Trinajstić information content (AvgIpc) is 2.39. The molecule has 1 amide bonds. The van der Waals surface area contributed by atoms with E-state index in [1.807, 2.05) is 0 Å². The van der Waals surface area contributed by atoms with Crippen molar-refractivity contribution in [2.75, 3.05) is 19.6 Å². The van der Waals surface area contributed by atoms with Crippen LogP contribution in [0.4, 0.5) is 0 Å². The molecule has 0 aromatic heterocycles. The van der Waals surface area contributed by atoms with E-state index in [0.717, 1.165) is 51.6 Å². The maximum absolute atomic E-state index is 12.3. The van der Waals surface area contributed by atoms with Gasteiger partial charge in [0.15, 0.2) is 0 Å². The van der Waals surface area contributed by atoms with Gasteiger partial charge in [-0.1, -0.05) is 13.3 Å². The summed E-state index contributed by atoms with van der Waals surface area (Å²) in [5.41, 5.74) is -0.192. The quantitative estimate of drug-likeness (QED) is 0.680. The average molecular weight is 251 g/mol. The van der Waals surface area contributed by atoms with E-state index in [1.54, 1.807) is 0 Å². The topological polar surface area (TPSA) is 64.9 Å². The summed E-state index contributed by atoms with van der Waals surface area (Å²) in [5, 5.41) is 14.8. The van der Waals surface area contributed by atoms with Gasteiger partial charge >= 0.3 is 0 Å². The third-order valence-electron chi connectivity index (χ3n) is 3.68. The number of hydrogen-bond acceptors (Lipinski definition) is 3. The molecular weight excluding hydrogens is 226 g/mol. The molecule has 1 saturated heterocycles. The van der Waals surface area contributed by atoms with Crippen LogP contribution < -0.4 is 10.6 Å². The molecule has 1 aliphatic heterocycles. The summed E-state index contributed by atoms with van der Waals surface area (Å²) in [6, 6.07) is 2.12. The second-order valence-corrected chi connectivity index (χ2v) is 5.18. The molecule has 0 radical (unpaired) electrons. The number of nitrogens with zero attached hydrogens (tertiary/aromatic N) is 1. The number of nitrogens with one attached hydrogen (secondary N) is 2. The highest BCUT2D eigenvalue weighted by atomic mass is 16.2. The Morgan fingerprint density at radius 3 is 2.94 bits per heavy atom. The van der Waals surface area contributed by atoms with Crippen LogP contribution in [0, 0.1) is 16.7 Å². The van der Waals surface area contributed by atoms with Crippen molar-refractivity contribution < 1.29 is 4.79 Å². The number of carbonyl (C=O) groups excluding carboxylic acids is 1. The lowest BCUT2D eigenvalue weighted by Crippen LogP contribution is -2.50. The van der Waals surface area contributed by atoms with Crippen LogP contribution in [-0.4, -0.2) is 25.5 Å². The molecule has 1 heterocycles. The van der Waals surface area contributed by atoms with Crippen molar-refractivity contribution >= 4 is 5.91 Å². The predicted octanol–water partition coefficient (Wildman–Crippen LogP) is 1.97. The molecule has 1 aliphatic rings. The van der Waals surface area contributed by atoms with Crippen LogP contribution in [0.1, 0.15) is 51.9 Å². The van der Waals surface area contributed by atoms with Crippen LogP contribution in [0.3, 0.4) is 0 Å². The first-order chi connectivity index (χ1) is 8.75. The van der Waals surface area contributed by atoms with Crippen LogP contribution in [0.25, 0.3) is 0 Å². The van der Waals surface area contributed by atoms with Crippen molar-refractivity contribution in [3.05, 3.63) is 0 Å². The molecule has 0 bridgehead atoms. The lowest BCUT2D eigenvalue weighted by molar-refractivity contribution is -0.132. The second-order valence-electron chi connectivity index (χ2n) is 5.18. The molecule has 0 aliphatic carbocycles. The van der Waals surface area contributed by atoms with Crippen molar-refractivity contribution in [3.8, 4) is 6.07 Å². The smallest absolute Gasteiger partial charge is 0.227 e. The van der Waals surface area contributed by atoms with Crippen LogP contribution in [-0.2, 0) is 4.79 Å². The van der Waals surface area contributed by atoms with Gasteiger partial charge in [0.2, 0.25) is 5.91 Å². The third-order valence-corrected chi connectivity index (χ3v) is 3.68. The molecule has 1 atom stereocenters. The Hall–Kier alpha value is -1.08. The monoisotopic (exact) mass is 251 g/mol. The summed E-state index contributed by atoms with van der Waals surface area (Å²) in [6.07, 6.45) is 6.44. The summed E-state index contributed by atoms with van der Waals surface area (Å²) in [6.45, 7) is 4.67. The van der Waals surface area contributed by atoms with E-state index in [4.69, 9.17) is 5.26 Å². The van der Waals surface area contributed by atoms with Crippen LogP contribution in [0.2, 0.25) is 0 Å². The van der Waals surface area contributed by atoms with Crippen molar-refractivity contribution in [2.24, 2.45) is 5.41 Å². The van der Waals surface area contributed by atoms with E-state index in [0.29, 0.717) is 13.0 Å². The number of unbranched alkanes of at least 4 members (excludes halogenated alkanes) is 2. The minimum absolute atomic E-state index is 0.192. The summed E-state index contributed by atoms with van der Waals surface area (Å²) in [7, 11) is 0. The summed E-state index contributed by atoms with van der Waals surface area (Å²) in [4.78, 5) is 12.3. The second kappa shape index (κ2) is 8.10. The van der Waals surface area contributed by atoms with E-state index in [1.165, 1.54) is 0 Å². The Labute approximate surface area is 110 Å². The Kier molecular flexibility index (Phi) is 6.74. The molecule has 2 N–H and O–H groups in total. The molecule has 4 nitrogen and oxygen atoms in total. The van der Waals surface area contributed by atoms with E-state index in [-0.39, 0.29) is 11.3 Å². The van der Waals surface area contributed by atoms with E-state index in [2.05, 4.69) is 23.6 Å². The highest BCUT2D eigenvalue weighted by Gasteiger charge is 2.38. The molecule has 0 aromatic carbocycles. The van der Waals surface area contributed by atoms with E-state index >= 15 is 0 Å². The number of amides is 1. The molecule has 1 fully saturated rings. The van der Waals surface area contributed by atoms with Gasteiger partial charge in [-0.25, -0.2) is 0 Å². The maximum atomic E-state index is 12.3. The van der Waals surface area contributed by atoms with Crippen molar-refractivity contribution in [3.63, 3.8) is 0 Å². The summed E-state index contributed by atoms with van der Waals surface area (Å²) < 4.78 is 0. The van der Waals surface area contributed by atoms with E-state index in [9.17, 15) is 4.79 Å². The molecule has 1 unspecified atom stereocenters. The van der Waals surface area contributed by atoms with Crippen molar-refractivity contribution in [2.45, 2.75) is 51.9 Å². The van der Waals surface area contributed by atoms with Gasteiger partial charge in [-0.05, 0) is 38.6 Å². The molecular formula is C14H25N3O. The number of carbonyl (C=O) groups is 1. The molecule has 0 aromatic rings. The molecule has 1 rings (SSSR count). The van der Waals surface area contributed by atoms with Gasteiger partial charge in [0.25, 0.3) is 0 Å². The zero-order chi connectivity index (χ0) is 13.3. The fourth-order valence-electron chi connectivity index (χ4n) is 2.69. The highest BCUT2D eigenvalue weighted by Crippen LogP contribution is 2.31. The standard InChI is InChI=1S/C14H25N3O/c1-2-7-14(8-6-10-16-12-14)13(18)17-11-5-3-4-9-15/h16H,2-8,10-12H2,1H3,(H,17,18). The van der Waals surface area contributed by atoms with Gasteiger partial charge in [-0.2, -0.15) is 5.26 Å². The largest absolute Gasteiger partial charge is 0.356 e. The lowest BCUT2D eigenvalue weighted by atomic mass is 9.76. The SMILES string of the molecule is CCCC1(C(=O)NCCCCC#N)CCCNC1. The fourth-order valence-corrected chi connectivity index (χ4v) is 2.69. The Bertz CT molecular complexity index is 284. The first-order valence-corrected chi connectivity index (χ1v) is 7.11. The van der Waals surface area contributed by atoms with Gasteiger partial charge in [0.1, 0.15) is 0 Å². The summed E-state index contributed by atoms with van der Waals surface area (Å²) >= 11 is 0. The van der Waals surface area contributed by atoms with Crippen molar-refractivity contribution in [1.29, 1.82) is 5.26 Å². The summed E-state index contributed by atoms with van der Waals surface area (Å²) in [5.74, 6) is 0.202. The zero-order valence-electron chi connectivity index (χ0n) is 11.4. The van der Waals surface area contributed by atoms with Gasteiger partial charge in [-0.3, -0.25) is 4.79 Å². The minimum Gasteiger partial charge on any atom is -0.356 e. The normalized spacial score (nSPS) is 23.3. The molecule has 4 heteroatoms. The Balaban J connectivity index is 2.37. The van der Waals surface area contributed by atoms with Gasteiger partial charge in [-0.15, -0.1) is 0 Å². The van der Waals surface area contributed by atoms with Gasteiger partial charge < -0.3 is 10.6 Å². The molecule has 0 spiro atoms. The van der Waals surface area contributed by atoms with Crippen LogP contribution in [0.15, 0.2) is 0 Å². The maximum Gasteiger partial charge on any atom is 0.227 e. The molecule has 0 saturated carbocycles. The first kappa shape index (κ1) is 15.0. The first-order valence-electron chi connectivity index (χ1n) is 7.11. The van der Waals surface area contributed by atoms with Gasteiger partial charge in [0, 0.05) is 19.5 Å². The Morgan fingerprint density at radius 1 is 1.50 bits per heavy atom. The number of hydrogen-bond donors (Lipinski definition) is 2. The fraction of sp³-hybridized carbons (Fsp3) is 0.857. The van der Waals surface area contributed by atoms with Crippen molar-refractivity contribution in [1.82, 2.24) is 10.6 Å². The number of rotatable bonds is 7. The predicted molar refractivity (Wildman–Crippen MR) is 71.9 cm³/mol. The minimum atomic E-state index is -0.192. The van der Waals surface area contributed by atoms with E-state index < -0.39 is 0 Å². The zero-order valence-corrected chi connectivity index (χ0v) is 11.4. The van der Waals surface area contributed by atoms with Crippen LogP contribution in [0.5, 0.6) is 0 Å². The van der Waals surface area contributed by atoms with Crippen LogP contribution >= 0.6 is 0 Å². The number of piperidine rings is 1. The highest BCUT2D eigenvalue weighted by molar-refractivity contribution is 5.83. The molecule has 102 valence electrons. The van der Waals surface area contributed by atoms with Gasteiger partial charge in [0.05, 0.1) is 11.5 Å². The Morgan fingerprint density at radius 2 is 2.33 bits per heavy atom. The molecule has 18 heavy (non-hydrogen) atoms. The lowest BCUT2D eigenvalue weighted by Gasteiger charge is -2.36. The third kappa shape index (κ3) is 4.30.